The molecule has 0 atom stereocenters. The number of hydrogen-bond acceptors (Lipinski definition) is 2. The average Bonchev–Trinajstić information content (AvgIpc) is 3.18. The fourth-order valence-corrected chi connectivity index (χ4v) is 3.29. The zero-order chi connectivity index (χ0) is 13.3. The van der Waals surface area contributed by atoms with Crippen LogP contribution in [0, 0.1) is 5.92 Å². The molecule has 3 nitrogen and oxygen atoms in total. The van der Waals surface area contributed by atoms with E-state index in [-0.39, 0.29) is 5.54 Å². The molecule has 1 aromatic rings. The molecule has 1 aromatic heterocycles. The topological polar surface area (TPSA) is 29.9 Å². The van der Waals surface area contributed by atoms with Crippen molar-refractivity contribution in [2.24, 2.45) is 5.92 Å². The lowest BCUT2D eigenvalue weighted by molar-refractivity contribution is 0.320. The van der Waals surface area contributed by atoms with E-state index >= 15 is 0 Å². The van der Waals surface area contributed by atoms with Gasteiger partial charge in [-0.3, -0.25) is 4.68 Å². The van der Waals surface area contributed by atoms with E-state index in [1.165, 1.54) is 50.6 Å². The maximum absolute atomic E-state index is 4.77. The maximum atomic E-state index is 4.77. The van der Waals surface area contributed by atoms with Gasteiger partial charge in [0, 0.05) is 18.3 Å². The molecular formula is C16H27N3. The normalized spacial score (nSPS) is 21.8. The van der Waals surface area contributed by atoms with Crippen LogP contribution in [-0.4, -0.2) is 15.3 Å². The molecule has 0 aliphatic heterocycles. The highest BCUT2D eigenvalue weighted by Gasteiger charge is 2.37. The van der Waals surface area contributed by atoms with Crippen LogP contribution in [0.15, 0.2) is 12.3 Å². The van der Waals surface area contributed by atoms with Crippen molar-refractivity contribution < 1.29 is 0 Å². The Morgan fingerprint density at radius 1 is 1.21 bits per heavy atom. The van der Waals surface area contributed by atoms with Crippen LogP contribution in [0.3, 0.4) is 0 Å². The molecule has 2 saturated carbocycles. The highest BCUT2D eigenvalue weighted by molar-refractivity contribution is 5.02. The van der Waals surface area contributed by atoms with Crippen LogP contribution in [0.4, 0.5) is 0 Å². The Morgan fingerprint density at radius 3 is 2.63 bits per heavy atom. The molecule has 2 aliphatic rings. The number of rotatable bonds is 5. The Hall–Kier alpha value is -0.830. The van der Waals surface area contributed by atoms with E-state index < -0.39 is 0 Å². The second-order valence-corrected chi connectivity index (χ2v) is 6.93. The van der Waals surface area contributed by atoms with Crippen molar-refractivity contribution in [1.29, 1.82) is 0 Å². The Balaban J connectivity index is 1.55. The zero-order valence-electron chi connectivity index (χ0n) is 12.4. The molecule has 0 spiro atoms. The van der Waals surface area contributed by atoms with Gasteiger partial charge in [0.05, 0.1) is 11.7 Å². The summed E-state index contributed by atoms with van der Waals surface area (Å²) < 4.78 is 2.21. The van der Waals surface area contributed by atoms with Crippen LogP contribution >= 0.6 is 0 Å². The molecule has 0 unspecified atom stereocenters. The Kier molecular flexibility index (Phi) is 3.66. The lowest BCUT2D eigenvalue weighted by Gasteiger charge is -2.26. The lowest BCUT2D eigenvalue weighted by Crippen LogP contribution is -2.40. The molecule has 0 saturated heterocycles. The van der Waals surface area contributed by atoms with E-state index in [1.54, 1.807) is 0 Å². The van der Waals surface area contributed by atoms with E-state index in [9.17, 15) is 0 Å². The van der Waals surface area contributed by atoms with Gasteiger partial charge in [-0.15, -0.1) is 0 Å². The summed E-state index contributed by atoms with van der Waals surface area (Å²) >= 11 is 0. The predicted octanol–water partition coefficient (Wildman–Crippen LogP) is 3.67. The first-order valence-corrected chi connectivity index (χ1v) is 7.94. The highest BCUT2D eigenvalue weighted by atomic mass is 15.3. The van der Waals surface area contributed by atoms with Gasteiger partial charge in [-0.05, 0) is 51.5 Å². The third-order valence-corrected chi connectivity index (χ3v) is 4.94. The third kappa shape index (κ3) is 3.19. The van der Waals surface area contributed by atoms with Crippen molar-refractivity contribution in [2.75, 3.05) is 0 Å². The number of hydrogen-bond donors (Lipinski definition) is 1. The molecule has 0 amide bonds. The molecule has 0 bridgehead atoms. The molecule has 3 heteroatoms. The van der Waals surface area contributed by atoms with Crippen LogP contribution in [0.25, 0.3) is 0 Å². The van der Waals surface area contributed by atoms with Crippen molar-refractivity contribution in [3.63, 3.8) is 0 Å². The van der Waals surface area contributed by atoms with E-state index in [2.05, 4.69) is 36.1 Å². The molecule has 1 heterocycles. The average molecular weight is 261 g/mol. The van der Waals surface area contributed by atoms with Gasteiger partial charge in [0.15, 0.2) is 0 Å². The van der Waals surface area contributed by atoms with E-state index in [1.807, 2.05) is 0 Å². The zero-order valence-corrected chi connectivity index (χ0v) is 12.4. The van der Waals surface area contributed by atoms with Crippen LogP contribution in [0.5, 0.6) is 0 Å². The van der Waals surface area contributed by atoms with Crippen LogP contribution in [0.1, 0.15) is 70.5 Å². The first kappa shape index (κ1) is 13.2. The summed E-state index contributed by atoms with van der Waals surface area (Å²) in [6.07, 6.45) is 11.7. The summed E-state index contributed by atoms with van der Waals surface area (Å²) in [6, 6.07) is 2.84. The van der Waals surface area contributed by atoms with Gasteiger partial charge in [0.25, 0.3) is 0 Å². The van der Waals surface area contributed by atoms with Crippen molar-refractivity contribution in [2.45, 2.75) is 76.9 Å². The molecule has 2 fully saturated rings. The first-order chi connectivity index (χ1) is 9.15. The molecule has 0 radical (unpaired) electrons. The maximum Gasteiger partial charge on any atom is 0.0762 e. The van der Waals surface area contributed by atoms with Gasteiger partial charge in [-0.2, -0.15) is 5.10 Å². The monoisotopic (exact) mass is 261 g/mol. The smallest absolute Gasteiger partial charge is 0.0762 e. The van der Waals surface area contributed by atoms with Crippen LogP contribution < -0.4 is 5.32 Å². The largest absolute Gasteiger partial charge is 0.306 e. The third-order valence-electron chi connectivity index (χ3n) is 4.94. The van der Waals surface area contributed by atoms with Crippen molar-refractivity contribution in [3.8, 4) is 0 Å². The number of nitrogens with one attached hydrogen (secondary N) is 1. The molecular weight excluding hydrogens is 234 g/mol. The SMILES string of the molecule is CC(C)(NCc1ccn(C2CCCCC2)n1)C1CC1. The Bertz CT molecular complexity index is 411. The molecule has 0 aromatic carbocycles. The van der Waals surface area contributed by atoms with E-state index in [0.29, 0.717) is 6.04 Å². The predicted molar refractivity (Wildman–Crippen MR) is 78.0 cm³/mol. The van der Waals surface area contributed by atoms with Crippen molar-refractivity contribution >= 4 is 0 Å². The second-order valence-electron chi connectivity index (χ2n) is 6.93. The minimum atomic E-state index is 0.272. The molecule has 106 valence electrons. The molecule has 19 heavy (non-hydrogen) atoms. The van der Waals surface area contributed by atoms with Gasteiger partial charge in [0.2, 0.25) is 0 Å². The van der Waals surface area contributed by atoms with Crippen molar-refractivity contribution in [1.82, 2.24) is 15.1 Å². The van der Waals surface area contributed by atoms with Crippen LogP contribution in [0.2, 0.25) is 0 Å². The highest BCUT2D eigenvalue weighted by Crippen LogP contribution is 2.39. The number of aromatic nitrogens is 2. The van der Waals surface area contributed by atoms with E-state index in [0.717, 1.165) is 12.5 Å². The standard InChI is InChI=1S/C16H27N3/c1-16(2,13-8-9-13)17-12-14-10-11-19(18-14)15-6-4-3-5-7-15/h10-11,13,15,17H,3-9,12H2,1-2H3. The van der Waals surface area contributed by atoms with E-state index in [4.69, 9.17) is 5.10 Å². The van der Waals surface area contributed by atoms with Gasteiger partial charge in [0.1, 0.15) is 0 Å². The summed E-state index contributed by atoms with van der Waals surface area (Å²) in [5.74, 6) is 0.868. The van der Waals surface area contributed by atoms with Gasteiger partial charge >= 0.3 is 0 Å². The summed E-state index contributed by atoms with van der Waals surface area (Å²) in [5.41, 5.74) is 1.47. The molecule has 2 aliphatic carbocycles. The summed E-state index contributed by atoms with van der Waals surface area (Å²) in [5, 5.41) is 8.45. The fourth-order valence-electron chi connectivity index (χ4n) is 3.29. The summed E-state index contributed by atoms with van der Waals surface area (Å²) in [4.78, 5) is 0. The fraction of sp³-hybridized carbons (Fsp3) is 0.812. The van der Waals surface area contributed by atoms with Gasteiger partial charge in [-0.1, -0.05) is 19.3 Å². The van der Waals surface area contributed by atoms with Crippen molar-refractivity contribution in [3.05, 3.63) is 18.0 Å². The Morgan fingerprint density at radius 2 is 1.95 bits per heavy atom. The van der Waals surface area contributed by atoms with Crippen LogP contribution in [-0.2, 0) is 6.54 Å². The second kappa shape index (κ2) is 5.28. The first-order valence-electron chi connectivity index (χ1n) is 7.94. The molecule has 1 N–H and O–H groups in total. The quantitative estimate of drug-likeness (QED) is 0.876. The molecule has 3 rings (SSSR count). The summed E-state index contributed by atoms with van der Waals surface area (Å²) in [7, 11) is 0. The minimum Gasteiger partial charge on any atom is -0.306 e. The Labute approximate surface area is 116 Å². The van der Waals surface area contributed by atoms with Gasteiger partial charge in [-0.25, -0.2) is 0 Å². The minimum absolute atomic E-state index is 0.272. The number of nitrogens with zero attached hydrogens (tertiary/aromatic N) is 2. The van der Waals surface area contributed by atoms with Gasteiger partial charge < -0.3 is 5.32 Å². The summed E-state index contributed by atoms with van der Waals surface area (Å²) in [6.45, 7) is 5.55. The lowest BCUT2D eigenvalue weighted by atomic mass is 9.96.